The van der Waals surface area contributed by atoms with Crippen LogP contribution in [-0.4, -0.2) is 17.5 Å². The van der Waals surface area contributed by atoms with Crippen LogP contribution in [0.1, 0.15) is 13.3 Å². The van der Waals surface area contributed by atoms with Crippen LogP contribution in [-0.2, 0) is 4.74 Å². The Balaban J connectivity index is 2.42. The predicted molar refractivity (Wildman–Crippen MR) is 30.3 cm³/mol. The van der Waals surface area contributed by atoms with Gasteiger partial charge < -0.3 is 9.84 Å². The summed E-state index contributed by atoms with van der Waals surface area (Å²) >= 11 is 0. The molecule has 2 heteroatoms. The molecule has 2 nitrogen and oxygen atoms in total. The van der Waals surface area contributed by atoms with Gasteiger partial charge in [0.1, 0.15) is 0 Å². The molecule has 46 valence electrons. The molecule has 0 aliphatic carbocycles. The Labute approximate surface area is 48.8 Å². The second kappa shape index (κ2) is 2.29. The van der Waals surface area contributed by atoms with Crippen LogP contribution in [0.3, 0.4) is 0 Å². The summed E-state index contributed by atoms with van der Waals surface area (Å²) < 4.78 is 4.95. The molecule has 1 N–H and O–H groups in total. The molecular weight excluding hydrogens is 104 g/mol. The highest BCUT2D eigenvalue weighted by Gasteiger charge is 2.09. The van der Waals surface area contributed by atoms with Crippen LogP contribution in [0.4, 0.5) is 0 Å². The van der Waals surface area contributed by atoms with E-state index in [-0.39, 0.29) is 6.10 Å². The molecule has 1 aliphatic heterocycles. The first-order valence-corrected chi connectivity index (χ1v) is 2.79. The molecular formula is C6H10O2. The lowest BCUT2D eigenvalue weighted by Crippen LogP contribution is -2.20. The van der Waals surface area contributed by atoms with Gasteiger partial charge >= 0.3 is 0 Å². The summed E-state index contributed by atoms with van der Waals surface area (Å²) in [5, 5.41) is 8.81. The van der Waals surface area contributed by atoms with Crippen molar-refractivity contribution in [2.24, 2.45) is 0 Å². The molecule has 0 aromatic carbocycles. The van der Waals surface area contributed by atoms with Gasteiger partial charge in [-0.25, -0.2) is 0 Å². The molecule has 1 aliphatic rings. The van der Waals surface area contributed by atoms with E-state index in [1.165, 1.54) is 0 Å². The smallest absolute Gasteiger partial charge is 0.158 e. The standard InChI is InChI=1S/C6H10O2/c1-5-3-2-4-6(7)8-5/h2-3,5-7H,4H2,1H3. The highest BCUT2D eigenvalue weighted by molar-refractivity contribution is 4.91. The molecule has 0 aromatic heterocycles. The van der Waals surface area contributed by atoms with Crippen molar-refractivity contribution >= 4 is 0 Å². The zero-order chi connectivity index (χ0) is 5.98. The lowest BCUT2D eigenvalue weighted by Gasteiger charge is -2.17. The average Bonchev–Trinajstić information content (AvgIpc) is 1.64. The van der Waals surface area contributed by atoms with Crippen LogP contribution >= 0.6 is 0 Å². The van der Waals surface area contributed by atoms with Crippen molar-refractivity contribution < 1.29 is 9.84 Å². The van der Waals surface area contributed by atoms with Crippen molar-refractivity contribution in [1.29, 1.82) is 0 Å². The molecule has 2 atom stereocenters. The van der Waals surface area contributed by atoms with Crippen LogP contribution in [0.15, 0.2) is 12.2 Å². The van der Waals surface area contributed by atoms with E-state index in [9.17, 15) is 0 Å². The van der Waals surface area contributed by atoms with Crippen molar-refractivity contribution in [1.82, 2.24) is 0 Å². The first-order chi connectivity index (χ1) is 3.79. The second-order valence-corrected chi connectivity index (χ2v) is 1.96. The summed E-state index contributed by atoms with van der Waals surface area (Å²) in [7, 11) is 0. The minimum atomic E-state index is -0.574. The summed E-state index contributed by atoms with van der Waals surface area (Å²) in [5.74, 6) is 0. The summed E-state index contributed by atoms with van der Waals surface area (Å²) in [6, 6.07) is 0. The number of hydrogen-bond acceptors (Lipinski definition) is 2. The lowest BCUT2D eigenvalue weighted by molar-refractivity contribution is -0.120. The first kappa shape index (κ1) is 5.79. The molecule has 8 heavy (non-hydrogen) atoms. The molecule has 0 spiro atoms. The molecule has 0 amide bonds. The van der Waals surface area contributed by atoms with E-state index in [1.54, 1.807) is 0 Å². The minimum absolute atomic E-state index is 0.0822. The molecule has 1 rings (SSSR count). The van der Waals surface area contributed by atoms with Gasteiger partial charge in [-0.05, 0) is 6.92 Å². The van der Waals surface area contributed by atoms with E-state index in [0.717, 1.165) is 0 Å². The fourth-order valence-corrected chi connectivity index (χ4v) is 0.735. The molecule has 1 heterocycles. The third-order valence-corrected chi connectivity index (χ3v) is 1.12. The van der Waals surface area contributed by atoms with E-state index in [0.29, 0.717) is 6.42 Å². The van der Waals surface area contributed by atoms with Crippen LogP contribution in [0, 0.1) is 0 Å². The number of ether oxygens (including phenoxy) is 1. The quantitative estimate of drug-likeness (QED) is 0.469. The zero-order valence-electron chi connectivity index (χ0n) is 4.87. The largest absolute Gasteiger partial charge is 0.368 e. The number of aliphatic hydroxyl groups is 1. The predicted octanol–water partition coefficient (Wildman–Crippen LogP) is 0.670. The Morgan fingerprint density at radius 3 is 2.88 bits per heavy atom. The van der Waals surface area contributed by atoms with Gasteiger partial charge in [0.15, 0.2) is 6.29 Å². The van der Waals surface area contributed by atoms with E-state index in [2.05, 4.69) is 0 Å². The fraction of sp³-hybridized carbons (Fsp3) is 0.667. The fourth-order valence-electron chi connectivity index (χ4n) is 0.735. The third-order valence-electron chi connectivity index (χ3n) is 1.12. The number of hydrogen-bond donors (Lipinski definition) is 1. The molecule has 0 saturated carbocycles. The van der Waals surface area contributed by atoms with Crippen LogP contribution < -0.4 is 0 Å². The van der Waals surface area contributed by atoms with E-state index >= 15 is 0 Å². The van der Waals surface area contributed by atoms with Gasteiger partial charge in [0.05, 0.1) is 6.10 Å². The van der Waals surface area contributed by atoms with Gasteiger partial charge in [-0.2, -0.15) is 0 Å². The van der Waals surface area contributed by atoms with E-state index in [4.69, 9.17) is 9.84 Å². The Bertz CT molecular complexity index is 98.7. The first-order valence-electron chi connectivity index (χ1n) is 2.79. The van der Waals surface area contributed by atoms with Crippen LogP contribution in [0.2, 0.25) is 0 Å². The summed E-state index contributed by atoms with van der Waals surface area (Å²) in [6.45, 7) is 1.90. The minimum Gasteiger partial charge on any atom is -0.368 e. The SMILES string of the molecule is CC1C=CCC(O)O1. The summed E-state index contributed by atoms with van der Waals surface area (Å²) in [6.07, 6.45) is 4.00. The maximum Gasteiger partial charge on any atom is 0.158 e. The molecule has 0 fully saturated rings. The highest BCUT2D eigenvalue weighted by Crippen LogP contribution is 2.07. The van der Waals surface area contributed by atoms with E-state index in [1.807, 2.05) is 19.1 Å². The Morgan fingerprint density at radius 2 is 2.50 bits per heavy atom. The molecule has 0 bridgehead atoms. The topological polar surface area (TPSA) is 29.5 Å². The van der Waals surface area contributed by atoms with Gasteiger partial charge in [-0.3, -0.25) is 0 Å². The van der Waals surface area contributed by atoms with Gasteiger partial charge in [0, 0.05) is 6.42 Å². The van der Waals surface area contributed by atoms with Crippen molar-refractivity contribution in [2.75, 3.05) is 0 Å². The number of aliphatic hydroxyl groups excluding tert-OH is 1. The zero-order valence-corrected chi connectivity index (χ0v) is 4.87. The van der Waals surface area contributed by atoms with E-state index < -0.39 is 6.29 Å². The molecule has 2 unspecified atom stereocenters. The van der Waals surface area contributed by atoms with Gasteiger partial charge in [-0.15, -0.1) is 0 Å². The molecule has 0 aromatic rings. The molecule has 0 saturated heterocycles. The Kier molecular flexibility index (Phi) is 1.65. The average molecular weight is 114 g/mol. The third kappa shape index (κ3) is 1.32. The Morgan fingerprint density at radius 1 is 1.75 bits per heavy atom. The second-order valence-electron chi connectivity index (χ2n) is 1.96. The van der Waals surface area contributed by atoms with Crippen molar-refractivity contribution in [3.05, 3.63) is 12.2 Å². The molecule has 0 radical (unpaired) electrons. The maximum absolute atomic E-state index is 8.81. The van der Waals surface area contributed by atoms with Crippen LogP contribution in [0.5, 0.6) is 0 Å². The summed E-state index contributed by atoms with van der Waals surface area (Å²) in [5.41, 5.74) is 0. The van der Waals surface area contributed by atoms with Gasteiger partial charge in [0.25, 0.3) is 0 Å². The van der Waals surface area contributed by atoms with Crippen molar-refractivity contribution in [3.8, 4) is 0 Å². The highest BCUT2D eigenvalue weighted by atomic mass is 16.6. The van der Waals surface area contributed by atoms with Crippen molar-refractivity contribution in [2.45, 2.75) is 25.7 Å². The monoisotopic (exact) mass is 114 g/mol. The number of rotatable bonds is 0. The van der Waals surface area contributed by atoms with Crippen molar-refractivity contribution in [3.63, 3.8) is 0 Å². The summed E-state index contributed by atoms with van der Waals surface area (Å²) in [4.78, 5) is 0. The maximum atomic E-state index is 8.81. The Hall–Kier alpha value is -0.340. The lowest BCUT2D eigenvalue weighted by atomic mass is 10.2. The normalized spacial score (nSPS) is 37.8. The van der Waals surface area contributed by atoms with Crippen LogP contribution in [0.25, 0.3) is 0 Å². The van der Waals surface area contributed by atoms with Gasteiger partial charge in [-0.1, -0.05) is 12.2 Å². The van der Waals surface area contributed by atoms with Gasteiger partial charge in [0.2, 0.25) is 0 Å².